The number of carbonyl (C=O) groups is 1. The lowest BCUT2D eigenvalue weighted by molar-refractivity contribution is 0.0602. The predicted molar refractivity (Wildman–Crippen MR) is 72.9 cm³/mol. The minimum atomic E-state index is -3.65. The highest BCUT2D eigenvalue weighted by molar-refractivity contribution is 7.89. The van der Waals surface area contributed by atoms with Gasteiger partial charge in [-0.1, -0.05) is 6.92 Å². The van der Waals surface area contributed by atoms with E-state index in [2.05, 4.69) is 16.4 Å². The molecule has 0 amide bonds. The lowest BCUT2D eigenvalue weighted by Crippen LogP contribution is -2.27. The summed E-state index contributed by atoms with van der Waals surface area (Å²) in [7, 11) is -2.41. The van der Waals surface area contributed by atoms with Crippen LogP contribution in [0.25, 0.3) is 0 Å². The average Bonchev–Trinajstić information content (AvgIpc) is 2.91. The molecule has 0 aliphatic heterocycles. The van der Waals surface area contributed by atoms with Crippen LogP contribution in [-0.4, -0.2) is 28.0 Å². The molecule has 0 spiro atoms. The van der Waals surface area contributed by atoms with Crippen molar-refractivity contribution < 1.29 is 17.9 Å². The fraction of sp³-hybridized carbons (Fsp3) is 0.583. The topological polar surface area (TPSA) is 72.5 Å². The molecule has 1 aliphatic rings. The Balaban J connectivity index is 2.23. The molecule has 2 atom stereocenters. The molecule has 1 N–H and O–H groups in total. The zero-order valence-electron chi connectivity index (χ0n) is 11.1. The molecule has 5 nitrogen and oxygen atoms in total. The summed E-state index contributed by atoms with van der Waals surface area (Å²) >= 11 is 1.09. The molecule has 0 radical (unpaired) electrons. The van der Waals surface area contributed by atoms with Crippen LogP contribution in [0, 0.1) is 18.8 Å². The summed E-state index contributed by atoms with van der Waals surface area (Å²) in [6, 6.07) is 0. The van der Waals surface area contributed by atoms with Crippen molar-refractivity contribution in [2.75, 3.05) is 13.7 Å². The minimum absolute atomic E-state index is 0.0534. The number of esters is 1. The van der Waals surface area contributed by atoms with Crippen LogP contribution < -0.4 is 4.72 Å². The zero-order valence-corrected chi connectivity index (χ0v) is 12.7. The first-order valence-electron chi connectivity index (χ1n) is 6.03. The van der Waals surface area contributed by atoms with E-state index in [1.165, 1.54) is 7.11 Å². The van der Waals surface area contributed by atoms with Crippen LogP contribution in [0.1, 0.15) is 28.6 Å². The Morgan fingerprint density at radius 2 is 2.21 bits per heavy atom. The predicted octanol–water partition coefficient (Wildman–Crippen LogP) is 1.78. The highest BCUT2D eigenvalue weighted by Crippen LogP contribution is 2.37. The third kappa shape index (κ3) is 2.98. The molecule has 1 saturated carbocycles. The van der Waals surface area contributed by atoms with Gasteiger partial charge in [-0.3, -0.25) is 0 Å². The standard InChI is InChI=1S/C12H17NO4S2/c1-7-4-9(7)5-13-19(15,16)11-8(2)6-18-10(11)12(14)17-3/h6-7,9,13H,4-5H2,1-3H3. The number of carbonyl (C=O) groups excluding carboxylic acids is 1. The molecule has 1 heterocycles. The molecule has 19 heavy (non-hydrogen) atoms. The number of sulfonamides is 1. The summed E-state index contributed by atoms with van der Waals surface area (Å²) in [6.07, 6.45) is 1.05. The summed E-state index contributed by atoms with van der Waals surface area (Å²) in [4.78, 5) is 11.8. The third-order valence-electron chi connectivity index (χ3n) is 3.37. The van der Waals surface area contributed by atoms with Crippen molar-refractivity contribution in [1.29, 1.82) is 0 Å². The first-order chi connectivity index (χ1) is 8.86. The molecule has 2 unspecified atom stereocenters. The second kappa shape index (κ2) is 5.22. The lowest BCUT2D eigenvalue weighted by Gasteiger charge is -2.08. The van der Waals surface area contributed by atoms with Crippen molar-refractivity contribution in [1.82, 2.24) is 4.72 Å². The second-order valence-corrected chi connectivity index (χ2v) is 7.48. The highest BCUT2D eigenvalue weighted by atomic mass is 32.2. The molecule has 1 aromatic rings. The van der Waals surface area contributed by atoms with Gasteiger partial charge >= 0.3 is 5.97 Å². The van der Waals surface area contributed by atoms with Gasteiger partial charge < -0.3 is 4.74 Å². The summed E-state index contributed by atoms with van der Waals surface area (Å²) in [6.45, 7) is 4.20. The van der Waals surface area contributed by atoms with Crippen LogP contribution >= 0.6 is 11.3 Å². The van der Waals surface area contributed by atoms with Crippen LogP contribution in [0.5, 0.6) is 0 Å². The SMILES string of the molecule is COC(=O)c1scc(C)c1S(=O)(=O)NCC1CC1C. The van der Waals surface area contributed by atoms with E-state index in [1.54, 1.807) is 12.3 Å². The van der Waals surface area contributed by atoms with Gasteiger partial charge in [0.2, 0.25) is 10.0 Å². The monoisotopic (exact) mass is 303 g/mol. The molecule has 0 bridgehead atoms. The maximum absolute atomic E-state index is 12.3. The molecule has 0 aromatic carbocycles. The molecular formula is C12H17NO4S2. The summed E-state index contributed by atoms with van der Waals surface area (Å²) < 4.78 is 31.8. The van der Waals surface area contributed by atoms with Gasteiger partial charge in [0.05, 0.1) is 7.11 Å². The summed E-state index contributed by atoms with van der Waals surface area (Å²) in [5.41, 5.74) is 0.571. The van der Waals surface area contributed by atoms with Crippen LogP contribution in [0.4, 0.5) is 0 Å². The average molecular weight is 303 g/mol. The maximum atomic E-state index is 12.3. The zero-order chi connectivity index (χ0) is 14.2. The van der Waals surface area contributed by atoms with E-state index >= 15 is 0 Å². The van der Waals surface area contributed by atoms with Gasteiger partial charge in [0.1, 0.15) is 9.77 Å². The molecule has 0 saturated heterocycles. The van der Waals surface area contributed by atoms with Crippen LogP contribution in [-0.2, 0) is 14.8 Å². The molecule has 1 aromatic heterocycles. The first kappa shape index (κ1) is 14.5. The van der Waals surface area contributed by atoms with Gasteiger partial charge in [0, 0.05) is 6.54 Å². The Hall–Kier alpha value is -0.920. The molecule has 1 fully saturated rings. The van der Waals surface area contributed by atoms with E-state index in [0.29, 0.717) is 23.9 Å². The lowest BCUT2D eigenvalue weighted by atomic mass is 10.3. The Bertz CT molecular complexity index is 591. The molecule has 1 aliphatic carbocycles. The minimum Gasteiger partial charge on any atom is -0.465 e. The Kier molecular flexibility index (Phi) is 3.98. The van der Waals surface area contributed by atoms with Gasteiger partial charge in [0.15, 0.2) is 0 Å². The number of ether oxygens (including phenoxy) is 1. The fourth-order valence-corrected chi connectivity index (χ4v) is 4.77. The quantitative estimate of drug-likeness (QED) is 0.842. The van der Waals surface area contributed by atoms with Crippen molar-refractivity contribution >= 4 is 27.3 Å². The van der Waals surface area contributed by atoms with Gasteiger partial charge in [-0.2, -0.15) is 0 Å². The van der Waals surface area contributed by atoms with Crippen molar-refractivity contribution in [3.05, 3.63) is 15.8 Å². The van der Waals surface area contributed by atoms with Gasteiger partial charge in [-0.05, 0) is 36.1 Å². The number of hydrogen-bond donors (Lipinski definition) is 1. The maximum Gasteiger partial charge on any atom is 0.349 e. The van der Waals surface area contributed by atoms with Crippen LogP contribution in [0.15, 0.2) is 10.3 Å². The number of nitrogens with one attached hydrogen (secondary N) is 1. The number of thiophene rings is 1. The van der Waals surface area contributed by atoms with E-state index in [0.717, 1.165) is 17.8 Å². The van der Waals surface area contributed by atoms with Gasteiger partial charge in [-0.25, -0.2) is 17.9 Å². The molecule has 106 valence electrons. The van der Waals surface area contributed by atoms with E-state index in [1.807, 2.05) is 0 Å². The number of aryl methyl sites for hydroxylation is 1. The highest BCUT2D eigenvalue weighted by Gasteiger charge is 2.34. The number of rotatable bonds is 5. The third-order valence-corrected chi connectivity index (χ3v) is 6.19. The second-order valence-electron chi connectivity index (χ2n) is 4.89. The Labute approximate surface area is 117 Å². The number of methoxy groups -OCH3 is 1. The first-order valence-corrected chi connectivity index (χ1v) is 8.39. The molecule has 7 heteroatoms. The van der Waals surface area contributed by atoms with Crippen molar-refractivity contribution in [2.45, 2.75) is 25.2 Å². The Morgan fingerprint density at radius 3 is 2.74 bits per heavy atom. The summed E-state index contributed by atoms with van der Waals surface area (Å²) in [5, 5.41) is 1.65. The van der Waals surface area contributed by atoms with E-state index in [4.69, 9.17) is 0 Å². The van der Waals surface area contributed by atoms with Crippen molar-refractivity contribution in [2.24, 2.45) is 11.8 Å². The normalized spacial score (nSPS) is 22.3. The smallest absolute Gasteiger partial charge is 0.349 e. The van der Waals surface area contributed by atoms with E-state index in [9.17, 15) is 13.2 Å². The van der Waals surface area contributed by atoms with Crippen molar-refractivity contribution in [3.8, 4) is 0 Å². The summed E-state index contributed by atoms with van der Waals surface area (Å²) in [5.74, 6) is 0.375. The van der Waals surface area contributed by atoms with Crippen LogP contribution in [0.2, 0.25) is 0 Å². The number of hydrogen-bond acceptors (Lipinski definition) is 5. The van der Waals surface area contributed by atoms with Gasteiger partial charge in [-0.15, -0.1) is 11.3 Å². The fourth-order valence-electron chi connectivity index (χ4n) is 1.97. The molecular weight excluding hydrogens is 286 g/mol. The largest absolute Gasteiger partial charge is 0.465 e. The van der Waals surface area contributed by atoms with E-state index in [-0.39, 0.29) is 9.77 Å². The van der Waals surface area contributed by atoms with Gasteiger partial charge in [0.25, 0.3) is 0 Å². The van der Waals surface area contributed by atoms with Crippen molar-refractivity contribution in [3.63, 3.8) is 0 Å². The Morgan fingerprint density at radius 1 is 1.58 bits per heavy atom. The van der Waals surface area contributed by atoms with E-state index < -0.39 is 16.0 Å². The van der Waals surface area contributed by atoms with Crippen LogP contribution in [0.3, 0.4) is 0 Å². The molecule has 2 rings (SSSR count).